The third-order valence-corrected chi connectivity index (χ3v) is 3.46. The van der Waals surface area contributed by atoms with Gasteiger partial charge in [-0.2, -0.15) is 10.4 Å². The van der Waals surface area contributed by atoms with Crippen molar-refractivity contribution in [1.82, 2.24) is 14.6 Å². The molecule has 2 aromatic heterocycles. The van der Waals surface area contributed by atoms with Gasteiger partial charge in [0.25, 0.3) is 5.91 Å². The van der Waals surface area contributed by atoms with E-state index in [-0.39, 0.29) is 10.9 Å². The fourth-order valence-corrected chi connectivity index (χ4v) is 2.36. The van der Waals surface area contributed by atoms with E-state index in [1.54, 1.807) is 42.0 Å². The highest BCUT2D eigenvalue weighted by Crippen LogP contribution is 2.21. The number of benzene rings is 1. The number of nitrogens with one attached hydrogen (secondary N) is 1. The Morgan fingerprint density at radius 3 is 3.00 bits per heavy atom. The molecule has 0 atom stereocenters. The first-order valence-corrected chi connectivity index (χ1v) is 6.79. The topological polar surface area (TPSA) is 83.1 Å². The van der Waals surface area contributed by atoms with Gasteiger partial charge in [-0.15, -0.1) is 0 Å². The van der Waals surface area contributed by atoms with E-state index in [0.717, 1.165) is 0 Å². The first-order valence-electron chi connectivity index (χ1n) is 6.41. The van der Waals surface area contributed by atoms with Gasteiger partial charge < -0.3 is 5.32 Å². The monoisotopic (exact) mass is 311 g/mol. The molecular weight excluding hydrogens is 302 g/mol. The number of halogens is 1. The Balaban J connectivity index is 1.96. The van der Waals surface area contributed by atoms with Crippen LogP contribution in [0.3, 0.4) is 0 Å². The molecule has 0 saturated carbocycles. The van der Waals surface area contributed by atoms with Gasteiger partial charge in [0.15, 0.2) is 5.65 Å². The van der Waals surface area contributed by atoms with Crippen LogP contribution in [-0.2, 0) is 0 Å². The zero-order chi connectivity index (χ0) is 15.7. The molecule has 2 heterocycles. The average molecular weight is 312 g/mol. The summed E-state index contributed by atoms with van der Waals surface area (Å²) in [5, 5.41) is 16.1. The number of carbonyl (C=O) groups excluding carboxylic acids is 1. The van der Waals surface area contributed by atoms with Gasteiger partial charge in [0.1, 0.15) is 11.6 Å². The molecule has 0 unspecified atom stereocenters. The summed E-state index contributed by atoms with van der Waals surface area (Å²) in [7, 11) is 0. The molecule has 1 amide bonds. The fraction of sp³-hybridized carbons (Fsp3) is 0.0667. The van der Waals surface area contributed by atoms with E-state index in [4.69, 9.17) is 16.9 Å². The van der Waals surface area contributed by atoms with Crippen molar-refractivity contribution in [2.24, 2.45) is 0 Å². The predicted octanol–water partition coefficient (Wildman–Crippen LogP) is 2.82. The van der Waals surface area contributed by atoms with Crippen LogP contribution in [0.15, 0.2) is 36.7 Å². The number of fused-ring (bicyclic) bond motifs is 1. The van der Waals surface area contributed by atoms with Crippen LogP contribution in [0.25, 0.3) is 5.65 Å². The van der Waals surface area contributed by atoms with Crippen LogP contribution in [0.2, 0.25) is 5.02 Å². The summed E-state index contributed by atoms with van der Waals surface area (Å²) in [5.41, 5.74) is 2.33. The smallest absolute Gasteiger partial charge is 0.261 e. The molecule has 0 aliphatic rings. The maximum Gasteiger partial charge on any atom is 0.261 e. The van der Waals surface area contributed by atoms with Crippen LogP contribution in [0.4, 0.5) is 5.69 Å². The summed E-state index contributed by atoms with van der Waals surface area (Å²) in [6.45, 7) is 1.75. The number of aromatic nitrogens is 3. The molecule has 0 radical (unpaired) electrons. The number of nitrogens with zero attached hydrogens (tertiary/aromatic N) is 4. The molecule has 0 bridgehead atoms. The summed E-state index contributed by atoms with van der Waals surface area (Å²) in [4.78, 5) is 16.6. The van der Waals surface area contributed by atoms with Crippen molar-refractivity contribution in [1.29, 1.82) is 5.26 Å². The van der Waals surface area contributed by atoms with Gasteiger partial charge in [0.2, 0.25) is 0 Å². The second-order valence-electron chi connectivity index (χ2n) is 4.61. The van der Waals surface area contributed by atoms with Crippen molar-refractivity contribution < 1.29 is 4.79 Å². The molecular formula is C15H10ClN5O. The molecule has 3 aromatic rings. The molecule has 1 aromatic carbocycles. The van der Waals surface area contributed by atoms with Crippen LogP contribution in [0.1, 0.15) is 21.6 Å². The largest absolute Gasteiger partial charge is 0.322 e. The van der Waals surface area contributed by atoms with Gasteiger partial charge >= 0.3 is 0 Å². The molecule has 0 aliphatic heterocycles. The van der Waals surface area contributed by atoms with Crippen molar-refractivity contribution in [2.45, 2.75) is 6.92 Å². The van der Waals surface area contributed by atoms with Gasteiger partial charge in [-0.1, -0.05) is 11.6 Å². The molecule has 1 N–H and O–H groups in total. The number of rotatable bonds is 2. The Hall–Kier alpha value is -2.91. The van der Waals surface area contributed by atoms with Crippen molar-refractivity contribution in [3.63, 3.8) is 0 Å². The first-order chi connectivity index (χ1) is 10.6. The standard InChI is InChI=1S/C15H10ClN5O/c1-9-13(14-18-5-2-6-21(14)20-9)15(22)19-11-4-3-10(8-17)12(16)7-11/h2-7H,1H3,(H,19,22). The van der Waals surface area contributed by atoms with E-state index in [2.05, 4.69) is 15.4 Å². The SMILES string of the molecule is Cc1nn2cccnc2c1C(=O)Nc1ccc(C#N)c(Cl)c1. The van der Waals surface area contributed by atoms with Crippen molar-refractivity contribution in [3.8, 4) is 6.07 Å². The third kappa shape index (κ3) is 2.38. The molecule has 0 spiro atoms. The number of hydrogen-bond donors (Lipinski definition) is 1. The second kappa shape index (κ2) is 5.47. The molecule has 6 nitrogen and oxygen atoms in total. The number of anilines is 1. The minimum absolute atomic E-state index is 0.287. The van der Waals surface area contributed by atoms with Crippen LogP contribution in [-0.4, -0.2) is 20.5 Å². The van der Waals surface area contributed by atoms with E-state index < -0.39 is 0 Å². The third-order valence-electron chi connectivity index (χ3n) is 3.14. The minimum atomic E-state index is -0.327. The van der Waals surface area contributed by atoms with Crippen LogP contribution in [0.5, 0.6) is 0 Å². The summed E-state index contributed by atoms with van der Waals surface area (Å²) >= 11 is 5.96. The highest BCUT2D eigenvalue weighted by atomic mass is 35.5. The number of hydrogen-bond acceptors (Lipinski definition) is 4. The fourth-order valence-electron chi connectivity index (χ4n) is 2.14. The van der Waals surface area contributed by atoms with Crippen molar-refractivity contribution >= 4 is 28.8 Å². The number of nitriles is 1. The lowest BCUT2D eigenvalue weighted by atomic mass is 10.2. The molecule has 0 saturated heterocycles. The average Bonchev–Trinajstić information content (AvgIpc) is 2.83. The Labute approximate surface area is 131 Å². The molecule has 3 rings (SSSR count). The lowest BCUT2D eigenvalue weighted by Crippen LogP contribution is -2.13. The number of aryl methyl sites for hydroxylation is 1. The van der Waals surface area contributed by atoms with Gasteiger partial charge in [-0.25, -0.2) is 9.50 Å². The maximum absolute atomic E-state index is 12.5. The van der Waals surface area contributed by atoms with Gasteiger partial charge in [-0.3, -0.25) is 4.79 Å². The Bertz CT molecular complexity index is 925. The summed E-state index contributed by atoms with van der Waals surface area (Å²) < 4.78 is 1.55. The molecule has 0 fully saturated rings. The number of amides is 1. The van der Waals surface area contributed by atoms with Crippen LogP contribution >= 0.6 is 11.6 Å². The normalized spacial score (nSPS) is 10.4. The molecule has 108 valence electrons. The van der Waals surface area contributed by atoms with E-state index in [1.807, 2.05) is 6.07 Å². The predicted molar refractivity (Wildman–Crippen MR) is 81.8 cm³/mol. The summed E-state index contributed by atoms with van der Waals surface area (Å²) in [6.07, 6.45) is 3.33. The highest BCUT2D eigenvalue weighted by molar-refractivity contribution is 6.32. The van der Waals surface area contributed by atoms with Crippen molar-refractivity contribution in [3.05, 3.63) is 58.5 Å². The van der Waals surface area contributed by atoms with E-state index in [1.165, 1.54) is 6.07 Å². The molecule has 7 heteroatoms. The second-order valence-corrected chi connectivity index (χ2v) is 5.02. The summed E-state index contributed by atoms with van der Waals surface area (Å²) in [6, 6.07) is 8.42. The first kappa shape index (κ1) is 14.0. The zero-order valence-corrected chi connectivity index (χ0v) is 12.3. The lowest BCUT2D eigenvalue weighted by molar-refractivity contribution is 0.102. The lowest BCUT2D eigenvalue weighted by Gasteiger charge is -2.05. The Morgan fingerprint density at radius 1 is 1.45 bits per heavy atom. The quantitative estimate of drug-likeness (QED) is 0.788. The van der Waals surface area contributed by atoms with E-state index in [9.17, 15) is 4.79 Å². The van der Waals surface area contributed by atoms with Gasteiger partial charge in [-0.05, 0) is 31.2 Å². The Morgan fingerprint density at radius 2 is 2.27 bits per heavy atom. The molecule has 0 aliphatic carbocycles. The van der Waals surface area contributed by atoms with E-state index >= 15 is 0 Å². The summed E-state index contributed by atoms with van der Waals surface area (Å²) in [5.74, 6) is -0.327. The maximum atomic E-state index is 12.5. The zero-order valence-electron chi connectivity index (χ0n) is 11.5. The van der Waals surface area contributed by atoms with Crippen LogP contribution in [0, 0.1) is 18.3 Å². The van der Waals surface area contributed by atoms with Crippen molar-refractivity contribution in [2.75, 3.05) is 5.32 Å². The highest BCUT2D eigenvalue weighted by Gasteiger charge is 2.18. The van der Waals surface area contributed by atoms with E-state index in [0.29, 0.717) is 28.2 Å². The van der Waals surface area contributed by atoms with Crippen LogP contribution < -0.4 is 5.32 Å². The number of carbonyl (C=O) groups is 1. The van der Waals surface area contributed by atoms with Gasteiger partial charge in [0.05, 0.1) is 16.3 Å². The molecule has 22 heavy (non-hydrogen) atoms. The minimum Gasteiger partial charge on any atom is -0.322 e. The Kier molecular flexibility index (Phi) is 3.49. The van der Waals surface area contributed by atoms with Gasteiger partial charge in [0, 0.05) is 18.1 Å².